The maximum Gasteiger partial charge on any atom is 0.346 e. The highest BCUT2D eigenvalue weighted by molar-refractivity contribution is 7.23. The molecule has 190 valence electrons. The van der Waals surface area contributed by atoms with E-state index in [2.05, 4.69) is 109 Å². The highest BCUT2D eigenvalue weighted by Gasteiger charge is 2.12. The zero-order chi connectivity index (χ0) is 27.2. The van der Waals surface area contributed by atoms with Gasteiger partial charge in [0.15, 0.2) is 0 Å². The average Bonchev–Trinajstić information content (AvgIpc) is 3.63. The summed E-state index contributed by atoms with van der Waals surface area (Å²) in [7, 11) is 0. The van der Waals surface area contributed by atoms with E-state index in [1.54, 1.807) is 17.4 Å². The summed E-state index contributed by atoms with van der Waals surface area (Å²) >= 11 is 3.13. The summed E-state index contributed by atoms with van der Waals surface area (Å²) in [5.41, 5.74) is 5.37. The Labute approximate surface area is 235 Å². The molecule has 0 saturated carbocycles. The van der Waals surface area contributed by atoms with Crippen molar-refractivity contribution < 1.29 is 9.90 Å². The molecule has 39 heavy (non-hydrogen) atoms. The Morgan fingerprint density at radius 3 is 1.92 bits per heavy atom. The number of thiophene rings is 2. The molecule has 0 bridgehead atoms. The van der Waals surface area contributed by atoms with Crippen LogP contribution in [0.2, 0.25) is 0 Å². The predicted octanol–water partition coefficient (Wildman–Crippen LogP) is 9.42. The van der Waals surface area contributed by atoms with Crippen molar-refractivity contribution >= 4 is 63.9 Å². The van der Waals surface area contributed by atoms with Gasteiger partial charge < -0.3 is 10.0 Å². The number of hydrogen-bond acceptors (Lipinski definition) is 5. The van der Waals surface area contributed by atoms with E-state index < -0.39 is 5.97 Å². The van der Waals surface area contributed by atoms with Gasteiger partial charge >= 0.3 is 5.97 Å². The fourth-order valence-corrected chi connectivity index (χ4v) is 6.01. The zero-order valence-electron chi connectivity index (χ0n) is 21.1. The Morgan fingerprint density at radius 1 is 0.744 bits per heavy atom. The summed E-state index contributed by atoms with van der Waals surface area (Å²) in [5, 5.41) is 18.1. The molecule has 6 heteroatoms. The second kappa shape index (κ2) is 11.8. The van der Waals surface area contributed by atoms with Gasteiger partial charge in [-0.2, -0.15) is 5.26 Å². The van der Waals surface area contributed by atoms with Crippen molar-refractivity contribution in [2.24, 2.45) is 0 Å². The molecule has 5 aromatic rings. The Bertz CT molecular complexity index is 1690. The lowest BCUT2D eigenvalue weighted by atomic mass is 10.1. The van der Waals surface area contributed by atoms with Gasteiger partial charge in [0.25, 0.3) is 0 Å². The molecule has 0 spiro atoms. The first-order chi connectivity index (χ1) is 19.0. The maximum absolute atomic E-state index is 11.1. The molecule has 0 atom stereocenters. The number of aliphatic carboxylic acids is 1. The molecule has 0 saturated heterocycles. The minimum absolute atomic E-state index is 0.269. The number of hydrogen-bond donors (Lipinski definition) is 1. The number of nitrogens with zero attached hydrogens (tertiary/aromatic N) is 2. The fraction of sp³-hybridized carbons (Fsp3) is 0.0303. The third kappa shape index (κ3) is 6.24. The van der Waals surface area contributed by atoms with Gasteiger partial charge in [0, 0.05) is 36.6 Å². The summed E-state index contributed by atoms with van der Waals surface area (Å²) in [6, 6.07) is 37.1. The lowest BCUT2D eigenvalue weighted by Gasteiger charge is -2.25. The van der Waals surface area contributed by atoms with Crippen molar-refractivity contribution in [1.82, 2.24) is 0 Å². The molecule has 0 amide bonds. The number of nitriles is 1. The molecule has 3 aromatic carbocycles. The average molecular weight is 545 g/mol. The van der Waals surface area contributed by atoms with Gasteiger partial charge in [-0.3, -0.25) is 0 Å². The van der Waals surface area contributed by atoms with Crippen molar-refractivity contribution in [2.75, 3.05) is 4.90 Å². The predicted molar refractivity (Wildman–Crippen MR) is 164 cm³/mol. The monoisotopic (exact) mass is 544 g/mol. The summed E-state index contributed by atoms with van der Waals surface area (Å²) in [6.07, 6.45) is 5.61. The van der Waals surface area contributed by atoms with Gasteiger partial charge in [-0.1, -0.05) is 54.1 Å². The number of rotatable bonds is 8. The molecule has 2 heterocycles. The first-order valence-electron chi connectivity index (χ1n) is 12.3. The Balaban J connectivity index is 1.33. The van der Waals surface area contributed by atoms with Crippen LogP contribution in [0.1, 0.15) is 20.9 Å². The number of carboxylic acid groups (broad SMARTS) is 1. The Morgan fingerprint density at radius 2 is 1.31 bits per heavy atom. The molecule has 2 aromatic heterocycles. The van der Waals surface area contributed by atoms with Crippen molar-refractivity contribution in [3.05, 3.63) is 130 Å². The summed E-state index contributed by atoms with van der Waals surface area (Å²) < 4.78 is 0. The standard InChI is InChI=1S/C33H24N2O2S2/c1-23-7-12-27(13-8-23)35(26-5-3-2-4-6-26)28-14-9-24(10-15-28)11-16-29-17-19-31(38-29)32-20-18-30(39-32)21-25(22-34)33(36)37/h2-21H,1H3,(H,36,37)/b16-11+,25-21-. The molecule has 0 aliphatic carbocycles. The first kappa shape index (κ1) is 25.9. The first-order valence-corrected chi connectivity index (χ1v) is 13.9. The maximum atomic E-state index is 11.1. The lowest BCUT2D eigenvalue weighted by molar-refractivity contribution is -0.132. The van der Waals surface area contributed by atoms with Crippen LogP contribution in [0.3, 0.4) is 0 Å². The molecular weight excluding hydrogens is 521 g/mol. The summed E-state index contributed by atoms with van der Waals surface area (Å²) in [6.45, 7) is 2.09. The smallest absolute Gasteiger partial charge is 0.346 e. The van der Waals surface area contributed by atoms with E-state index >= 15 is 0 Å². The van der Waals surface area contributed by atoms with Crippen LogP contribution < -0.4 is 4.90 Å². The zero-order valence-corrected chi connectivity index (χ0v) is 22.7. The second-order valence-corrected chi connectivity index (χ2v) is 11.0. The van der Waals surface area contributed by atoms with E-state index in [1.165, 1.54) is 23.0 Å². The minimum Gasteiger partial charge on any atom is -0.477 e. The van der Waals surface area contributed by atoms with E-state index in [-0.39, 0.29) is 5.57 Å². The van der Waals surface area contributed by atoms with Crippen LogP contribution >= 0.6 is 22.7 Å². The largest absolute Gasteiger partial charge is 0.477 e. The highest BCUT2D eigenvalue weighted by Crippen LogP contribution is 2.36. The highest BCUT2D eigenvalue weighted by atomic mass is 32.1. The van der Waals surface area contributed by atoms with Crippen molar-refractivity contribution in [3.63, 3.8) is 0 Å². The SMILES string of the molecule is Cc1ccc(N(c2ccccc2)c2ccc(/C=C/c3ccc(-c4ccc(/C=C(/C#N)C(=O)O)s4)s3)cc2)cc1. The van der Waals surface area contributed by atoms with Gasteiger partial charge in [-0.15, -0.1) is 22.7 Å². The second-order valence-electron chi connectivity index (χ2n) is 8.81. The third-order valence-corrected chi connectivity index (χ3v) is 8.31. The van der Waals surface area contributed by atoms with E-state index in [0.717, 1.165) is 42.1 Å². The normalized spacial score (nSPS) is 11.4. The van der Waals surface area contributed by atoms with Crippen molar-refractivity contribution in [2.45, 2.75) is 6.92 Å². The number of benzene rings is 3. The molecule has 0 radical (unpaired) electrons. The number of anilines is 3. The van der Waals surface area contributed by atoms with E-state index in [4.69, 9.17) is 10.4 Å². The van der Waals surface area contributed by atoms with Crippen molar-refractivity contribution in [1.29, 1.82) is 5.26 Å². The van der Waals surface area contributed by atoms with Gasteiger partial charge in [0.2, 0.25) is 0 Å². The van der Waals surface area contributed by atoms with Crippen LogP contribution in [-0.2, 0) is 4.79 Å². The van der Waals surface area contributed by atoms with Gasteiger partial charge in [-0.25, -0.2) is 4.79 Å². The number of aryl methyl sites for hydroxylation is 1. The minimum atomic E-state index is -1.22. The van der Waals surface area contributed by atoms with Crippen LogP contribution in [-0.4, -0.2) is 11.1 Å². The molecular formula is C33H24N2O2S2. The Kier molecular flexibility index (Phi) is 7.83. The van der Waals surface area contributed by atoms with Crippen LogP contribution in [0.4, 0.5) is 17.1 Å². The molecule has 0 unspecified atom stereocenters. The molecule has 1 N–H and O–H groups in total. The van der Waals surface area contributed by atoms with Crippen LogP contribution in [0, 0.1) is 18.3 Å². The third-order valence-electron chi connectivity index (χ3n) is 6.03. The van der Waals surface area contributed by atoms with E-state index in [0.29, 0.717) is 0 Å². The molecule has 4 nitrogen and oxygen atoms in total. The molecule has 5 rings (SSSR count). The quantitative estimate of drug-likeness (QED) is 0.156. The van der Waals surface area contributed by atoms with E-state index in [1.807, 2.05) is 18.2 Å². The van der Waals surface area contributed by atoms with Crippen molar-refractivity contribution in [3.8, 4) is 15.8 Å². The number of carboxylic acids is 1. The summed E-state index contributed by atoms with van der Waals surface area (Å²) in [5.74, 6) is -1.22. The number of para-hydroxylation sites is 1. The fourth-order valence-electron chi connectivity index (χ4n) is 4.05. The van der Waals surface area contributed by atoms with Crippen LogP contribution in [0.15, 0.2) is 109 Å². The van der Waals surface area contributed by atoms with Gasteiger partial charge in [0.05, 0.1) is 0 Å². The molecule has 0 aliphatic rings. The van der Waals surface area contributed by atoms with Gasteiger partial charge in [-0.05, 0) is 85.3 Å². The van der Waals surface area contributed by atoms with Gasteiger partial charge in [0.1, 0.15) is 11.6 Å². The molecule has 0 aliphatic heterocycles. The van der Waals surface area contributed by atoms with Crippen LogP contribution in [0.5, 0.6) is 0 Å². The number of carbonyl (C=O) groups is 1. The Hall–Kier alpha value is -4.70. The molecule has 0 fully saturated rings. The lowest BCUT2D eigenvalue weighted by Crippen LogP contribution is -2.09. The van der Waals surface area contributed by atoms with E-state index in [9.17, 15) is 4.79 Å². The topological polar surface area (TPSA) is 64.3 Å². The summed E-state index contributed by atoms with van der Waals surface area (Å²) in [4.78, 5) is 17.3. The van der Waals surface area contributed by atoms with Crippen LogP contribution in [0.25, 0.3) is 28.0 Å².